The van der Waals surface area contributed by atoms with E-state index in [9.17, 15) is 9.59 Å². The molecular formula is C18H24O5. The summed E-state index contributed by atoms with van der Waals surface area (Å²) >= 11 is 0. The monoisotopic (exact) mass is 320 g/mol. The predicted molar refractivity (Wildman–Crippen MR) is 85.9 cm³/mol. The van der Waals surface area contributed by atoms with Crippen LogP contribution in [0.2, 0.25) is 0 Å². The number of rotatable bonds is 7. The molecule has 0 radical (unpaired) electrons. The molecule has 0 saturated heterocycles. The van der Waals surface area contributed by atoms with Crippen molar-refractivity contribution in [2.75, 3.05) is 20.3 Å². The Hall–Kier alpha value is -1.88. The fourth-order valence-corrected chi connectivity index (χ4v) is 2.67. The Balaban J connectivity index is 2.36. The Bertz CT molecular complexity index is 591. The van der Waals surface area contributed by atoms with E-state index in [-0.39, 0.29) is 17.8 Å². The smallest absolute Gasteiger partial charge is 0.341 e. The van der Waals surface area contributed by atoms with Gasteiger partial charge in [0.15, 0.2) is 0 Å². The summed E-state index contributed by atoms with van der Waals surface area (Å²) in [5.74, 6) is 0.293. The van der Waals surface area contributed by atoms with E-state index in [1.165, 1.54) is 0 Å². The van der Waals surface area contributed by atoms with Crippen molar-refractivity contribution in [2.24, 2.45) is 5.92 Å². The Morgan fingerprint density at radius 3 is 2.70 bits per heavy atom. The molecule has 23 heavy (non-hydrogen) atoms. The molecule has 1 atom stereocenters. The molecule has 1 aromatic rings. The number of carbonyl (C=O) groups excluding carboxylic acids is 2. The molecule has 0 fully saturated rings. The molecule has 1 unspecified atom stereocenters. The second-order valence-corrected chi connectivity index (χ2v) is 6.00. The predicted octanol–water partition coefficient (Wildman–Crippen LogP) is 2.58. The topological polar surface area (TPSA) is 61.8 Å². The first-order chi connectivity index (χ1) is 11.0. The molecule has 1 aromatic carbocycles. The standard InChI is InChI=1S/C18H24O5/c1-5-22-18(20)14-7-6-12(8-16(19)11(2)3)15-9-13(10-21-4)23-17(14)15/h6-7,11,13H,5,8-10H2,1-4H3. The molecule has 0 N–H and O–H groups in total. The van der Waals surface area contributed by atoms with Crippen LogP contribution in [0.15, 0.2) is 12.1 Å². The Kier molecular flexibility index (Phi) is 5.77. The minimum absolute atomic E-state index is 0.0209. The molecule has 1 aliphatic heterocycles. The van der Waals surface area contributed by atoms with Gasteiger partial charge in [-0.25, -0.2) is 4.79 Å². The highest BCUT2D eigenvalue weighted by Crippen LogP contribution is 2.36. The minimum Gasteiger partial charge on any atom is -0.486 e. The number of esters is 1. The van der Waals surface area contributed by atoms with Crippen LogP contribution in [0.3, 0.4) is 0 Å². The van der Waals surface area contributed by atoms with Crippen LogP contribution in [0.4, 0.5) is 0 Å². The Labute approximate surface area is 136 Å². The van der Waals surface area contributed by atoms with Crippen molar-refractivity contribution >= 4 is 11.8 Å². The van der Waals surface area contributed by atoms with E-state index in [1.807, 2.05) is 19.9 Å². The second-order valence-electron chi connectivity index (χ2n) is 6.00. The molecule has 0 spiro atoms. The zero-order valence-electron chi connectivity index (χ0n) is 14.2. The van der Waals surface area contributed by atoms with Crippen LogP contribution in [0, 0.1) is 5.92 Å². The van der Waals surface area contributed by atoms with Gasteiger partial charge >= 0.3 is 5.97 Å². The number of hydrogen-bond donors (Lipinski definition) is 0. The first kappa shape index (κ1) is 17.5. The SMILES string of the molecule is CCOC(=O)c1ccc(CC(=O)C(C)C)c2c1OC(COC)C2. The molecule has 1 aliphatic rings. The summed E-state index contributed by atoms with van der Waals surface area (Å²) in [6.45, 7) is 6.29. The highest BCUT2D eigenvalue weighted by Gasteiger charge is 2.31. The molecule has 0 saturated carbocycles. The maximum Gasteiger partial charge on any atom is 0.341 e. The van der Waals surface area contributed by atoms with Crippen LogP contribution in [0.25, 0.3) is 0 Å². The minimum atomic E-state index is -0.399. The quantitative estimate of drug-likeness (QED) is 0.723. The maximum absolute atomic E-state index is 12.1. The van der Waals surface area contributed by atoms with E-state index in [2.05, 4.69) is 0 Å². The lowest BCUT2D eigenvalue weighted by molar-refractivity contribution is -0.121. The van der Waals surface area contributed by atoms with Crippen LogP contribution in [-0.4, -0.2) is 38.2 Å². The van der Waals surface area contributed by atoms with Crippen molar-refractivity contribution in [3.8, 4) is 5.75 Å². The number of Topliss-reactive ketones (excluding diaryl/α,β-unsaturated/α-hetero) is 1. The average molecular weight is 320 g/mol. The molecule has 0 aromatic heterocycles. The maximum atomic E-state index is 12.1. The number of ketones is 1. The van der Waals surface area contributed by atoms with Crippen molar-refractivity contribution in [3.63, 3.8) is 0 Å². The lowest BCUT2D eigenvalue weighted by atomic mass is 9.93. The molecule has 5 heteroatoms. The van der Waals surface area contributed by atoms with E-state index in [1.54, 1.807) is 20.1 Å². The third kappa shape index (κ3) is 3.91. The molecule has 2 rings (SSSR count). The molecular weight excluding hydrogens is 296 g/mol. The lowest BCUT2D eigenvalue weighted by Crippen LogP contribution is -2.19. The Morgan fingerprint density at radius 1 is 1.35 bits per heavy atom. The molecule has 0 bridgehead atoms. The first-order valence-corrected chi connectivity index (χ1v) is 7.98. The van der Waals surface area contributed by atoms with Gasteiger partial charge in [0.2, 0.25) is 0 Å². The summed E-state index contributed by atoms with van der Waals surface area (Å²) < 4.78 is 16.1. The zero-order valence-corrected chi connectivity index (χ0v) is 14.2. The van der Waals surface area contributed by atoms with Crippen LogP contribution in [-0.2, 0) is 27.1 Å². The van der Waals surface area contributed by atoms with Crippen molar-refractivity contribution in [3.05, 3.63) is 28.8 Å². The zero-order chi connectivity index (χ0) is 17.0. The number of methoxy groups -OCH3 is 1. The van der Waals surface area contributed by atoms with E-state index in [0.29, 0.717) is 37.4 Å². The van der Waals surface area contributed by atoms with Gasteiger partial charge < -0.3 is 14.2 Å². The molecule has 126 valence electrons. The number of carbonyl (C=O) groups is 2. The van der Waals surface area contributed by atoms with Gasteiger partial charge in [-0.15, -0.1) is 0 Å². The third-order valence-corrected chi connectivity index (χ3v) is 3.93. The normalized spacial score (nSPS) is 16.1. The lowest BCUT2D eigenvalue weighted by Gasteiger charge is -2.12. The van der Waals surface area contributed by atoms with Gasteiger partial charge in [-0.05, 0) is 18.6 Å². The number of fused-ring (bicyclic) bond motifs is 1. The van der Waals surface area contributed by atoms with Gasteiger partial charge in [-0.3, -0.25) is 4.79 Å². The fraction of sp³-hybridized carbons (Fsp3) is 0.556. The highest BCUT2D eigenvalue weighted by molar-refractivity contribution is 5.94. The number of benzene rings is 1. The summed E-state index contributed by atoms with van der Waals surface area (Å²) in [4.78, 5) is 24.2. The summed E-state index contributed by atoms with van der Waals surface area (Å²) in [5.41, 5.74) is 2.26. The van der Waals surface area contributed by atoms with E-state index in [4.69, 9.17) is 14.2 Å². The van der Waals surface area contributed by atoms with E-state index >= 15 is 0 Å². The second kappa shape index (κ2) is 7.59. The van der Waals surface area contributed by atoms with Crippen molar-refractivity contribution in [1.29, 1.82) is 0 Å². The van der Waals surface area contributed by atoms with Crippen molar-refractivity contribution in [1.82, 2.24) is 0 Å². The number of hydrogen-bond acceptors (Lipinski definition) is 5. The summed E-state index contributed by atoms with van der Waals surface area (Å²) in [7, 11) is 1.61. The average Bonchev–Trinajstić information content (AvgIpc) is 2.91. The van der Waals surface area contributed by atoms with Crippen molar-refractivity contribution in [2.45, 2.75) is 39.7 Å². The van der Waals surface area contributed by atoms with Crippen molar-refractivity contribution < 1.29 is 23.8 Å². The van der Waals surface area contributed by atoms with E-state index in [0.717, 1.165) is 11.1 Å². The third-order valence-electron chi connectivity index (χ3n) is 3.93. The first-order valence-electron chi connectivity index (χ1n) is 7.98. The summed E-state index contributed by atoms with van der Waals surface area (Å²) in [5, 5.41) is 0. The summed E-state index contributed by atoms with van der Waals surface area (Å²) in [6.07, 6.45) is 0.849. The van der Waals surface area contributed by atoms with Crippen LogP contribution in [0.5, 0.6) is 5.75 Å². The fourth-order valence-electron chi connectivity index (χ4n) is 2.67. The van der Waals surface area contributed by atoms with Gasteiger partial charge in [0.05, 0.1) is 13.2 Å². The molecule has 0 aliphatic carbocycles. The molecule has 0 amide bonds. The molecule has 1 heterocycles. The van der Waals surface area contributed by atoms with Gasteiger partial charge in [0.1, 0.15) is 23.2 Å². The van der Waals surface area contributed by atoms with Gasteiger partial charge in [-0.1, -0.05) is 19.9 Å². The highest BCUT2D eigenvalue weighted by atomic mass is 16.5. The number of ether oxygens (including phenoxy) is 3. The van der Waals surface area contributed by atoms with Gasteiger partial charge in [0.25, 0.3) is 0 Å². The van der Waals surface area contributed by atoms with Crippen LogP contribution < -0.4 is 4.74 Å². The van der Waals surface area contributed by atoms with Gasteiger partial charge in [-0.2, -0.15) is 0 Å². The summed E-state index contributed by atoms with van der Waals surface area (Å²) in [6, 6.07) is 3.53. The van der Waals surface area contributed by atoms with Crippen LogP contribution >= 0.6 is 0 Å². The van der Waals surface area contributed by atoms with Crippen LogP contribution in [0.1, 0.15) is 42.3 Å². The molecule has 5 nitrogen and oxygen atoms in total. The van der Waals surface area contributed by atoms with Gasteiger partial charge in [0, 0.05) is 31.4 Å². The van der Waals surface area contributed by atoms with E-state index < -0.39 is 5.97 Å². The largest absolute Gasteiger partial charge is 0.486 e. The Morgan fingerprint density at radius 2 is 2.09 bits per heavy atom.